The fraction of sp³-hybridized carbons (Fsp3) is 0. The first-order valence-corrected chi connectivity index (χ1v) is 3.97. The Kier molecular flexibility index (Phi) is 1.72. The maximum Gasteiger partial charge on any atom is 0.335 e. The molecule has 0 aliphatic rings. The second-order valence-corrected chi connectivity index (χ2v) is 2.90. The Hall–Kier alpha value is -2.28. The van der Waals surface area contributed by atoms with Crippen molar-refractivity contribution in [2.45, 2.75) is 0 Å². The molecule has 2 aromatic rings. The number of aromatic amines is 1. The van der Waals surface area contributed by atoms with Crippen molar-refractivity contribution in [1.82, 2.24) is 4.98 Å². The van der Waals surface area contributed by atoms with Gasteiger partial charge in [0.25, 0.3) is 0 Å². The molecule has 14 heavy (non-hydrogen) atoms. The number of hydrogen-bond donors (Lipinski definition) is 2. The Balaban J connectivity index is 2.66. The molecular formula is C10H6N2O2. The number of H-pyrrole nitrogens is 1. The van der Waals surface area contributed by atoms with Crippen molar-refractivity contribution in [3.8, 4) is 6.07 Å². The van der Waals surface area contributed by atoms with Crippen LogP contribution in [0.1, 0.15) is 16.1 Å². The van der Waals surface area contributed by atoms with E-state index in [1.54, 1.807) is 12.1 Å². The fourth-order valence-electron chi connectivity index (χ4n) is 1.33. The highest BCUT2D eigenvalue weighted by Gasteiger charge is 2.05. The van der Waals surface area contributed by atoms with E-state index >= 15 is 0 Å². The number of carboxylic acid groups (broad SMARTS) is 1. The molecule has 0 aliphatic heterocycles. The van der Waals surface area contributed by atoms with Gasteiger partial charge >= 0.3 is 5.97 Å². The number of fused-ring (bicyclic) bond motifs is 1. The standard InChI is InChI=1S/C10H6N2O2/c11-5-8-4-7-3-6(10(13)14)1-2-9(7)12-8/h1-4,12H,(H,13,14). The van der Waals surface area contributed by atoms with E-state index in [-0.39, 0.29) is 5.56 Å². The minimum Gasteiger partial charge on any atom is -0.478 e. The lowest BCUT2D eigenvalue weighted by Crippen LogP contribution is -1.94. The molecule has 2 N–H and O–H groups in total. The summed E-state index contributed by atoms with van der Waals surface area (Å²) in [4.78, 5) is 13.5. The van der Waals surface area contributed by atoms with Gasteiger partial charge in [-0.2, -0.15) is 5.26 Å². The van der Waals surface area contributed by atoms with Crippen LogP contribution in [-0.2, 0) is 0 Å². The van der Waals surface area contributed by atoms with Crippen LogP contribution in [0.3, 0.4) is 0 Å². The summed E-state index contributed by atoms with van der Waals surface area (Å²) >= 11 is 0. The molecule has 0 saturated carbocycles. The van der Waals surface area contributed by atoms with Crippen molar-refractivity contribution in [2.24, 2.45) is 0 Å². The van der Waals surface area contributed by atoms with E-state index in [9.17, 15) is 4.79 Å². The van der Waals surface area contributed by atoms with Crippen LogP contribution >= 0.6 is 0 Å². The zero-order valence-electron chi connectivity index (χ0n) is 7.11. The molecule has 0 atom stereocenters. The van der Waals surface area contributed by atoms with Gasteiger partial charge in [0.15, 0.2) is 0 Å². The largest absolute Gasteiger partial charge is 0.478 e. The molecule has 4 nitrogen and oxygen atoms in total. The van der Waals surface area contributed by atoms with Crippen LogP contribution in [0.4, 0.5) is 0 Å². The zero-order chi connectivity index (χ0) is 10.1. The van der Waals surface area contributed by atoms with Gasteiger partial charge < -0.3 is 10.1 Å². The van der Waals surface area contributed by atoms with E-state index in [0.717, 1.165) is 10.9 Å². The third-order valence-electron chi connectivity index (χ3n) is 1.99. The lowest BCUT2D eigenvalue weighted by Gasteiger charge is -1.93. The van der Waals surface area contributed by atoms with E-state index in [4.69, 9.17) is 10.4 Å². The molecule has 0 bridgehead atoms. The number of rotatable bonds is 1. The first-order chi connectivity index (χ1) is 6.70. The molecule has 0 spiro atoms. The van der Waals surface area contributed by atoms with E-state index in [2.05, 4.69) is 4.98 Å². The molecule has 1 aromatic heterocycles. The number of nitriles is 1. The average molecular weight is 186 g/mol. The third kappa shape index (κ3) is 1.21. The van der Waals surface area contributed by atoms with Gasteiger partial charge in [-0.15, -0.1) is 0 Å². The Morgan fingerprint density at radius 2 is 2.21 bits per heavy atom. The van der Waals surface area contributed by atoms with Gasteiger partial charge in [-0.1, -0.05) is 0 Å². The number of aromatic nitrogens is 1. The predicted molar refractivity (Wildman–Crippen MR) is 50.0 cm³/mol. The third-order valence-corrected chi connectivity index (χ3v) is 1.99. The minimum absolute atomic E-state index is 0.223. The number of carboxylic acids is 1. The summed E-state index contributed by atoms with van der Waals surface area (Å²) in [6.45, 7) is 0. The Labute approximate surface area is 79.4 Å². The number of hydrogen-bond acceptors (Lipinski definition) is 2. The predicted octanol–water partition coefficient (Wildman–Crippen LogP) is 1.74. The lowest BCUT2D eigenvalue weighted by atomic mass is 10.1. The van der Waals surface area contributed by atoms with Gasteiger partial charge in [-0.05, 0) is 24.3 Å². The van der Waals surface area contributed by atoms with Gasteiger partial charge in [-0.25, -0.2) is 4.79 Å². The maximum atomic E-state index is 10.6. The van der Waals surface area contributed by atoms with Crippen LogP contribution in [0, 0.1) is 11.3 Å². The Morgan fingerprint density at radius 1 is 1.43 bits per heavy atom. The quantitative estimate of drug-likeness (QED) is 0.712. The summed E-state index contributed by atoms with van der Waals surface area (Å²) in [5.74, 6) is -0.966. The maximum absolute atomic E-state index is 10.6. The molecule has 0 saturated heterocycles. The smallest absolute Gasteiger partial charge is 0.335 e. The number of nitrogens with zero attached hydrogens (tertiary/aromatic N) is 1. The van der Waals surface area contributed by atoms with Crippen LogP contribution in [0.15, 0.2) is 24.3 Å². The molecule has 1 aromatic carbocycles. The van der Waals surface area contributed by atoms with Crippen LogP contribution < -0.4 is 0 Å². The highest BCUT2D eigenvalue weighted by Crippen LogP contribution is 2.16. The zero-order valence-corrected chi connectivity index (χ0v) is 7.11. The van der Waals surface area contributed by atoms with Gasteiger partial charge in [-0.3, -0.25) is 0 Å². The van der Waals surface area contributed by atoms with Crippen molar-refractivity contribution in [3.05, 3.63) is 35.5 Å². The van der Waals surface area contributed by atoms with Crippen LogP contribution in [0.2, 0.25) is 0 Å². The Bertz CT molecular complexity index is 549. The molecular weight excluding hydrogens is 180 g/mol. The molecule has 1 heterocycles. The lowest BCUT2D eigenvalue weighted by molar-refractivity contribution is 0.0697. The van der Waals surface area contributed by atoms with Crippen molar-refractivity contribution >= 4 is 16.9 Å². The normalized spacial score (nSPS) is 9.93. The fourth-order valence-corrected chi connectivity index (χ4v) is 1.33. The molecule has 0 fully saturated rings. The molecule has 4 heteroatoms. The number of carbonyl (C=O) groups is 1. The van der Waals surface area contributed by atoms with E-state index in [0.29, 0.717) is 5.69 Å². The van der Waals surface area contributed by atoms with Gasteiger partial charge in [0.05, 0.1) is 5.56 Å². The first-order valence-electron chi connectivity index (χ1n) is 3.97. The van der Waals surface area contributed by atoms with Crippen LogP contribution in [0.5, 0.6) is 0 Å². The monoisotopic (exact) mass is 186 g/mol. The Morgan fingerprint density at radius 3 is 2.86 bits per heavy atom. The number of aromatic carboxylic acids is 1. The summed E-state index contributed by atoms with van der Waals surface area (Å²) in [7, 11) is 0. The summed E-state index contributed by atoms with van der Waals surface area (Å²) in [6, 6.07) is 8.28. The summed E-state index contributed by atoms with van der Waals surface area (Å²) in [5.41, 5.74) is 1.43. The second-order valence-electron chi connectivity index (χ2n) is 2.90. The van der Waals surface area contributed by atoms with Crippen molar-refractivity contribution in [3.63, 3.8) is 0 Å². The summed E-state index contributed by atoms with van der Waals surface area (Å²) in [5, 5.41) is 18.1. The van der Waals surface area contributed by atoms with Crippen LogP contribution in [0.25, 0.3) is 10.9 Å². The van der Waals surface area contributed by atoms with Crippen molar-refractivity contribution < 1.29 is 9.90 Å². The minimum atomic E-state index is -0.966. The van der Waals surface area contributed by atoms with Gasteiger partial charge in [0.2, 0.25) is 0 Å². The van der Waals surface area contributed by atoms with Crippen molar-refractivity contribution in [2.75, 3.05) is 0 Å². The van der Waals surface area contributed by atoms with E-state index < -0.39 is 5.97 Å². The van der Waals surface area contributed by atoms with E-state index in [1.165, 1.54) is 12.1 Å². The van der Waals surface area contributed by atoms with Crippen LogP contribution in [-0.4, -0.2) is 16.1 Å². The molecule has 68 valence electrons. The van der Waals surface area contributed by atoms with Gasteiger partial charge in [0, 0.05) is 10.9 Å². The molecule has 0 aliphatic carbocycles. The SMILES string of the molecule is N#Cc1cc2cc(C(=O)O)ccc2[nH]1. The molecule has 0 amide bonds. The molecule has 0 unspecified atom stereocenters. The van der Waals surface area contributed by atoms with E-state index in [1.807, 2.05) is 6.07 Å². The second kappa shape index (κ2) is 2.89. The average Bonchev–Trinajstić information content (AvgIpc) is 2.58. The highest BCUT2D eigenvalue weighted by atomic mass is 16.4. The molecule has 0 radical (unpaired) electrons. The topological polar surface area (TPSA) is 76.9 Å². The first kappa shape index (κ1) is 8.32. The highest BCUT2D eigenvalue weighted by molar-refractivity contribution is 5.93. The van der Waals surface area contributed by atoms with Gasteiger partial charge in [0.1, 0.15) is 11.8 Å². The summed E-state index contributed by atoms with van der Waals surface area (Å²) < 4.78 is 0. The number of benzene rings is 1. The van der Waals surface area contributed by atoms with Crippen molar-refractivity contribution in [1.29, 1.82) is 5.26 Å². The molecule has 2 rings (SSSR count). The number of nitrogens with one attached hydrogen (secondary N) is 1. The summed E-state index contributed by atoms with van der Waals surface area (Å²) in [6.07, 6.45) is 0.